The first-order valence-corrected chi connectivity index (χ1v) is 7.94. The van der Waals surface area contributed by atoms with Gasteiger partial charge in [0.15, 0.2) is 5.82 Å². The van der Waals surface area contributed by atoms with Gasteiger partial charge < -0.3 is 19.5 Å². The van der Waals surface area contributed by atoms with Crippen molar-refractivity contribution in [3.8, 4) is 0 Å². The lowest BCUT2D eigenvalue weighted by molar-refractivity contribution is 0.151. The number of hydrogen-bond acceptors (Lipinski definition) is 5. The fraction of sp³-hybridized carbons (Fsp3) is 0.800. The zero-order valence-electron chi connectivity index (χ0n) is 13.7. The first-order chi connectivity index (χ1) is 10.6. The van der Waals surface area contributed by atoms with E-state index in [0.29, 0.717) is 30.8 Å². The molecule has 1 aromatic rings. The third-order valence-electron chi connectivity index (χ3n) is 3.82. The highest BCUT2D eigenvalue weighted by molar-refractivity contribution is 5.74. The van der Waals surface area contributed by atoms with Gasteiger partial charge in [-0.05, 0) is 25.2 Å². The monoisotopic (exact) mass is 310 g/mol. The maximum absolute atomic E-state index is 12.2. The van der Waals surface area contributed by atoms with Crippen LogP contribution in [0, 0.1) is 5.92 Å². The minimum atomic E-state index is 0.00552. The Hall–Kier alpha value is -1.63. The molecule has 1 fully saturated rings. The maximum atomic E-state index is 12.2. The second-order valence-corrected chi connectivity index (χ2v) is 6.18. The van der Waals surface area contributed by atoms with E-state index in [1.165, 1.54) is 0 Å². The average Bonchev–Trinajstić information content (AvgIpc) is 2.96. The zero-order chi connectivity index (χ0) is 15.9. The Balaban J connectivity index is 1.86. The highest BCUT2D eigenvalue weighted by atomic mass is 16.5. The van der Waals surface area contributed by atoms with Crippen molar-refractivity contribution in [2.24, 2.45) is 5.92 Å². The van der Waals surface area contributed by atoms with Crippen LogP contribution in [0.4, 0.5) is 4.79 Å². The number of amides is 2. The van der Waals surface area contributed by atoms with E-state index in [2.05, 4.69) is 29.3 Å². The van der Waals surface area contributed by atoms with Gasteiger partial charge in [0.05, 0.1) is 0 Å². The van der Waals surface area contributed by atoms with Crippen LogP contribution >= 0.6 is 0 Å². The third kappa shape index (κ3) is 4.69. The Kier molecular flexibility index (Phi) is 6.18. The Morgan fingerprint density at radius 3 is 3.09 bits per heavy atom. The highest BCUT2D eigenvalue weighted by Gasteiger charge is 2.27. The minimum Gasteiger partial charge on any atom is -0.375 e. The van der Waals surface area contributed by atoms with E-state index in [1.807, 2.05) is 4.90 Å². The normalized spacial score (nSPS) is 18.7. The molecule has 1 aromatic heterocycles. The molecule has 2 rings (SSSR count). The van der Waals surface area contributed by atoms with E-state index in [0.717, 1.165) is 32.4 Å². The molecule has 1 aliphatic rings. The molecule has 1 aliphatic heterocycles. The molecular formula is C15H26N4O3. The summed E-state index contributed by atoms with van der Waals surface area (Å²) < 4.78 is 10.1. The molecule has 124 valence electrons. The molecule has 0 aromatic carbocycles. The Morgan fingerprint density at radius 2 is 2.36 bits per heavy atom. The standard InChI is InChI=1S/C15H26N4O3/c1-11(2)6-7-16-15(20)19-8-4-5-12(9-19)14-17-13(10-21-3)22-18-14/h11-12H,4-10H2,1-3H3,(H,16,20). The fourth-order valence-electron chi connectivity index (χ4n) is 2.57. The second-order valence-electron chi connectivity index (χ2n) is 6.18. The van der Waals surface area contributed by atoms with Crippen molar-refractivity contribution in [3.63, 3.8) is 0 Å². The summed E-state index contributed by atoms with van der Waals surface area (Å²) >= 11 is 0. The van der Waals surface area contributed by atoms with Gasteiger partial charge in [0.25, 0.3) is 5.89 Å². The van der Waals surface area contributed by atoms with Crippen molar-refractivity contribution in [2.75, 3.05) is 26.7 Å². The van der Waals surface area contributed by atoms with Crippen molar-refractivity contribution in [3.05, 3.63) is 11.7 Å². The average molecular weight is 310 g/mol. The molecule has 0 spiro atoms. The number of nitrogens with one attached hydrogen (secondary N) is 1. The van der Waals surface area contributed by atoms with Crippen LogP contribution < -0.4 is 5.32 Å². The summed E-state index contributed by atoms with van der Waals surface area (Å²) in [5.74, 6) is 1.88. The SMILES string of the molecule is COCc1nc(C2CCCN(C(=O)NCCC(C)C)C2)no1. The molecular weight excluding hydrogens is 284 g/mol. The van der Waals surface area contributed by atoms with Crippen LogP contribution in [0.3, 0.4) is 0 Å². The number of urea groups is 1. The van der Waals surface area contributed by atoms with E-state index < -0.39 is 0 Å². The van der Waals surface area contributed by atoms with E-state index >= 15 is 0 Å². The number of rotatable bonds is 6. The molecule has 1 atom stereocenters. The maximum Gasteiger partial charge on any atom is 0.317 e. The van der Waals surface area contributed by atoms with Crippen LogP contribution in [0.15, 0.2) is 4.52 Å². The van der Waals surface area contributed by atoms with Crippen molar-refractivity contribution in [2.45, 2.75) is 45.6 Å². The lowest BCUT2D eigenvalue weighted by Gasteiger charge is -2.31. The summed E-state index contributed by atoms with van der Waals surface area (Å²) in [6, 6.07) is 0.00552. The number of hydrogen-bond donors (Lipinski definition) is 1. The van der Waals surface area contributed by atoms with Crippen molar-refractivity contribution >= 4 is 6.03 Å². The van der Waals surface area contributed by atoms with Gasteiger partial charge in [-0.15, -0.1) is 0 Å². The number of carbonyl (C=O) groups is 1. The van der Waals surface area contributed by atoms with E-state index in [4.69, 9.17) is 9.26 Å². The van der Waals surface area contributed by atoms with Crippen molar-refractivity contribution in [1.82, 2.24) is 20.4 Å². The summed E-state index contributed by atoms with van der Waals surface area (Å²) in [5.41, 5.74) is 0. The zero-order valence-corrected chi connectivity index (χ0v) is 13.7. The molecule has 2 amide bonds. The fourth-order valence-corrected chi connectivity index (χ4v) is 2.57. The van der Waals surface area contributed by atoms with Crippen molar-refractivity contribution in [1.29, 1.82) is 0 Å². The Bertz CT molecular complexity index is 475. The van der Waals surface area contributed by atoms with Crippen LogP contribution in [0.5, 0.6) is 0 Å². The minimum absolute atomic E-state index is 0.00552. The molecule has 1 N–H and O–H groups in total. The molecule has 7 nitrogen and oxygen atoms in total. The summed E-state index contributed by atoms with van der Waals surface area (Å²) in [4.78, 5) is 18.4. The lowest BCUT2D eigenvalue weighted by Crippen LogP contribution is -2.45. The largest absolute Gasteiger partial charge is 0.375 e. The summed E-state index contributed by atoms with van der Waals surface area (Å²) in [5, 5.41) is 7.00. The number of methoxy groups -OCH3 is 1. The number of carbonyl (C=O) groups excluding carboxylic acids is 1. The van der Waals surface area contributed by atoms with Crippen LogP contribution in [0.25, 0.3) is 0 Å². The molecule has 1 unspecified atom stereocenters. The van der Waals surface area contributed by atoms with Crippen LogP contribution in [-0.2, 0) is 11.3 Å². The smallest absolute Gasteiger partial charge is 0.317 e. The molecule has 1 saturated heterocycles. The molecule has 0 bridgehead atoms. The quantitative estimate of drug-likeness (QED) is 0.871. The van der Waals surface area contributed by atoms with E-state index in [-0.39, 0.29) is 11.9 Å². The summed E-state index contributed by atoms with van der Waals surface area (Å²) in [6.45, 7) is 6.76. The van der Waals surface area contributed by atoms with E-state index in [9.17, 15) is 4.79 Å². The van der Waals surface area contributed by atoms with Crippen LogP contribution in [-0.4, -0.2) is 47.8 Å². The summed E-state index contributed by atoms with van der Waals surface area (Å²) in [6.07, 6.45) is 2.92. The number of piperidine rings is 1. The predicted octanol–water partition coefficient (Wildman–Crippen LogP) is 2.15. The first kappa shape index (κ1) is 16.7. The Morgan fingerprint density at radius 1 is 1.55 bits per heavy atom. The van der Waals surface area contributed by atoms with Gasteiger partial charge in [0, 0.05) is 32.7 Å². The highest BCUT2D eigenvalue weighted by Crippen LogP contribution is 2.25. The second kappa shape index (κ2) is 8.12. The molecule has 22 heavy (non-hydrogen) atoms. The molecule has 2 heterocycles. The van der Waals surface area contributed by atoms with E-state index in [1.54, 1.807) is 7.11 Å². The molecule has 0 aliphatic carbocycles. The molecule has 0 saturated carbocycles. The predicted molar refractivity (Wildman–Crippen MR) is 81.4 cm³/mol. The van der Waals surface area contributed by atoms with Gasteiger partial charge in [-0.1, -0.05) is 19.0 Å². The molecule has 7 heteroatoms. The third-order valence-corrected chi connectivity index (χ3v) is 3.82. The first-order valence-electron chi connectivity index (χ1n) is 7.94. The van der Waals surface area contributed by atoms with Crippen LogP contribution in [0.2, 0.25) is 0 Å². The van der Waals surface area contributed by atoms with Gasteiger partial charge in [0.1, 0.15) is 6.61 Å². The number of ether oxygens (including phenoxy) is 1. The summed E-state index contributed by atoms with van der Waals surface area (Å²) in [7, 11) is 1.59. The van der Waals surface area contributed by atoms with Gasteiger partial charge in [-0.3, -0.25) is 0 Å². The van der Waals surface area contributed by atoms with Crippen molar-refractivity contribution < 1.29 is 14.1 Å². The number of likely N-dealkylation sites (tertiary alicyclic amines) is 1. The van der Waals surface area contributed by atoms with Gasteiger partial charge in [0.2, 0.25) is 0 Å². The number of aromatic nitrogens is 2. The Labute approximate surface area is 131 Å². The lowest BCUT2D eigenvalue weighted by atomic mass is 9.98. The molecule has 0 radical (unpaired) electrons. The number of nitrogens with zero attached hydrogens (tertiary/aromatic N) is 3. The van der Waals surface area contributed by atoms with Gasteiger partial charge in [-0.2, -0.15) is 4.98 Å². The van der Waals surface area contributed by atoms with Gasteiger partial charge in [-0.25, -0.2) is 4.79 Å². The van der Waals surface area contributed by atoms with Crippen LogP contribution in [0.1, 0.15) is 50.7 Å². The van der Waals surface area contributed by atoms with Gasteiger partial charge >= 0.3 is 6.03 Å². The topological polar surface area (TPSA) is 80.5 Å².